The summed E-state index contributed by atoms with van der Waals surface area (Å²) in [6.07, 6.45) is -2.25. The molecule has 3 aromatic heterocycles. The Kier molecular flexibility index (Phi) is 6.11. The van der Waals surface area contributed by atoms with Crippen molar-refractivity contribution in [2.45, 2.75) is 51.9 Å². The van der Waals surface area contributed by atoms with Gasteiger partial charge in [0.05, 0.1) is 6.20 Å². The molecule has 0 radical (unpaired) electrons. The lowest BCUT2D eigenvalue weighted by Crippen LogP contribution is -2.44. The number of hydrogen-bond acceptors (Lipinski definition) is 6. The minimum absolute atomic E-state index is 0.0585. The number of pyridine rings is 1. The predicted octanol–water partition coefficient (Wildman–Crippen LogP) is 3.79. The third-order valence-corrected chi connectivity index (χ3v) is 7.31. The van der Waals surface area contributed by atoms with E-state index in [1.54, 1.807) is 6.07 Å². The number of hydrogen-bond donors (Lipinski definition) is 0. The predicted molar refractivity (Wildman–Crippen MR) is 123 cm³/mol. The largest absolute Gasteiger partial charge is 0.433 e. The average Bonchev–Trinajstić information content (AvgIpc) is 3.43. The summed E-state index contributed by atoms with van der Waals surface area (Å²) in [5, 5.41) is 4.14. The number of nitrogens with zero attached hydrogens (tertiary/aromatic N) is 7. The standard InChI is InChI=1S/C23H26F5N7O/c1-2-34-20(36)16-12-30-35(13-18(24)25)19(16)31-21(34)32-8-4-22(5-9-32)6-10-33(14-22)15-3-7-29-17(11-15)23(26,27)28/h3,7,11-12,18H,2,4-6,8-10,13-14H2,1H3. The van der Waals surface area contributed by atoms with Gasteiger partial charge in [0.25, 0.3) is 12.0 Å². The van der Waals surface area contributed by atoms with Crippen molar-refractivity contribution in [2.75, 3.05) is 36.0 Å². The van der Waals surface area contributed by atoms with Crippen LogP contribution in [0, 0.1) is 5.41 Å². The van der Waals surface area contributed by atoms with Crippen LogP contribution in [0.5, 0.6) is 0 Å². The number of rotatable bonds is 5. The summed E-state index contributed by atoms with van der Waals surface area (Å²) in [5.74, 6) is 0.430. The molecular formula is C23H26F5N7O. The van der Waals surface area contributed by atoms with Crippen LogP contribution in [-0.4, -0.2) is 56.9 Å². The zero-order chi connectivity index (χ0) is 25.7. The molecular weight excluding hydrogens is 485 g/mol. The van der Waals surface area contributed by atoms with E-state index >= 15 is 0 Å². The lowest BCUT2D eigenvalue weighted by molar-refractivity contribution is -0.141. The van der Waals surface area contributed by atoms with Crippen molar-refractivity contribution < 1.29 is 22.0 Å². The second-order valence-electron chi connectivity index (χ2n) is 9.47. The van der Waals surface area contributed by atoms with Crippen LogP contribution in [0.25, 0.3) is 11.0 Å². The van der Waals surface area contributed by atoms with E-state index in [-0.39, 0.29) is 22.0 Å². The Morgan fingerprint density at radius 1 is 1.11 bits per heavy atom. The highest BCUT2D eigenvalue weighted by atomic mass is 19.4. The van der Waals surface area contributed by atoms with E-state index in [1.807, 2.05) is 16.7 Å². The van der Waals surface area contributed by atoms with Crippen LogP contribution < -0.4 is 15.4 Å². The van der Waals surface area contributed by atoms with E-state index in [4.69, 9.17) is 0 Å². The molecule has 0 atom stereocenters. The molecule has 2 fully saturated rings. The van der Waals surface area contributed by atoms with Crippen LogP contribution in [-0.2, 0) is 19.3 Å². The van der Waals surface area contributed by atoms with Crippen LogP contribution in [0.4, 0.5) is 33.6 Å². The van der Waals surface area contributed by atoms with Crippen molar-refractivity contribution in [1.82, 2.24) is 24.3 Å². The summed E-state index contributed by atoms with van der Waals surface area (Å²) >= 11 is 0. The van der Waals surface area contributed by atoms with Crippen molar-refractivity contribution in [2.24, 2.45) is 5.41 Å². The lowest BCUT2D eigenvalue weighted by atomic mass is 9.78. The SMILES string of the molecule is CCn1c(N2CCC3(CCN(c4ccnc(C(F)(F)F)c4)C3)CC2)nc2c(cnn2CC(F)F)c1=O. The highest BCUT2D eigenvalue weighted by Gasteiger charge is 2.42. The number of piperidine rings is 1. The fraction of sp³-hybridized carbons (Fsp3) is 0.565. The van der Waals surface area contributed by atoms with E-state index < -0.39 is 24.8 Å². The number of alkyl halides is 5. The maximum atomic E-state index is 13.1. The van der Waals surface area contributed by atoms with Gasteiger partial charge in [-0.25, -0.2) is 13.5 Å². The third kappa shape index (κ3) is 4.39. The Morgan fingerprint density at radius 3 is 2.44 bits per heavy atom. The van der Waals surface area contributed by atoms with Gasteiger partial charge in [-0.2, -0.15) is 23.3 Å². The quantitative estimate of drug-likeness (QED) is 0.486. The molecule has 5 heterocycles. The van der Waals surface area contributed by atoms with E-state index in [0.29, 0.717) is 44.4 Å². The third-order valence-electron chi connectivity index (χ3n) is 7.31. The monoisotopic (exact) mass is 511 g/mol. The van der Waals surface area contributed by atoms with Gasteiger partial charge in [0.15, 0.2) is 5.65 Å². The molecule has 194 valence electrons. The molecule has 8 nitrogen and oxygen atoms in total. The molecule has 2 aliphatic heterocycles. The molecule has 0 N–H and O–H groups in total. The minimum Gasteiger partial charge on any atom is -0.371 e. The van der Waals surface area contributed by atoms with Crippen LogP contribution in [0.1, 0.15) is 31.9 Å². The molecule has 0 unspecified atom stereocenters. The highest BCUT2D eigenvalue weighted by Crippen LogP contribution is 2.43. The maximum Gasteiger partial charge on any atom is 0.433 e. The van der Waals surface area contributed by atoms with Gasteiger partial charge < -0.3 is 9.80 Å². The molecule has 0 aromatic carbocycles. The fourth-order valence-electron chi connectivity index (χ4n) is 5.35. The fourth-order valence-corrected chi connectivity index (χ4v) is 5.35. The molecule has 3 aromatic rings. The maximum absolute atomic E-state index is 13.1. The zero-order valence-corrected chi connectivity index (χ0v) is 19.7. The van der Waals surface area contributed by atoms with Crippen LogP contribution in [0.15, 0.2) is 29.3 Å². The molecule has 13 heteroatoms. The first-order valence-corrected chi connectivity index (χ1v) is 11.9. The Bertz CT molecular complexity index is 1310. The van der Waals surface area contributed by atoms with Gasteiger partial charge in [-0.05, 0) is 43.7 Å². The molecule has 0 bridgehead atoms. The van der Waals surface area contributed by atoms with Gasteiger partial charge in [0, 0.05) is 44.6 Å². The van der Waals surface area contributed by atoms with Gasteiger partial charge in [-0.15, -0.1) is 0 Å². The number of aromatic nitrogens is 5. The van der Waals surface area contributed by atoms with Crippen molar-refractivity contribution in [3.05, 3.63) is 40.6 Å². The lowest BCUT2D eigenvalue weighted by Gasteiger charge is -2.40. The second-order valence-corrected chi connectivity index (χ2v) is 9.47. The molecule has 5 rings (SSSR count). The van der Waals surface area contributed by atoms with Gasteiger partial charge in [-0.3, -0.25) is 14.3 Å². The van der Waals surface area contributed by atoms with Crippen molar-refractivity contribution in [1.29, 1.82) is 0 Å². The van der Waals surface area contributed by atoms with E-state index in [1.165, 1.54) is 17.0 Å². The first kappa shape index (κ1) is 24.4. The molecule has 2 aliphatic rings. The summed E-state index contributed by atoms with van der Waals surface area (Å²) in [7, 11) is 0. The Labute approximate surface area is 203 Å². The molecule has 0 aliphatic carbocycles. The number of anilines is 2. The van der Waals surface area contributed by atoms with Crippen LogP contribution >= 0.6 is 0 Å². The normalized spacial score (nSPS) is 18.2. The first-order valence-electron chi connectivity index (χ1n) is 11.9. The smallest absolute Gasteiger partial charge is 0.371 e. The van der Waals surface area contributed by atoms with Gasteiger partial charge >= 0.3 is 6.18 Å². The summed E-state index contributed by atoms with van der Waals surface area (Å²) < 4.78 is 67.9. The van der Waals surface area contributed by atoms with E-state index in [2.05, 4.69) is 15.1 Å². The van der Waals surface area contributed by atoms with Crippen LogP contribution in [0.3, 0.4) is 0 Å². The van der Waals surface area contributed by atoms with E-state index in [0.717, 1.165) is 30.0 Å². The molecule has 36 heavy (non-hydrogen) atoms. The minimum atomic E-state index is -4.49. The first-order chi connectivity index (χ1) is 17.1. The summed E-state index contributed by atoms with van der Waals surface area (Å²) in [5.41, 5.74) is -0.623. The van der Waals surface area contributed by atoms with Crippen LogP contribution in [0.2, 0.25) is 0 Å². The summed E-state index contributed by atoms with van der Waals surface area (Å²) in [6.45, 7) is 4.03. The number of fused-ring (bicyclic) bond motifs is 1. The van der Waals surface area contributed by atoms with Gasteiger partial charge in [-0.1, -0.05) is 0 Å². The van der Waals surface area contributed by atoms with E-state index in [9.17, 15) is 26.7 Å². The van der Waals surface area contributed by atoms with Crippen molar-refractivity contribution >= 4 is 22.7 Å². The second kappa shape index (κ2) is 9.00. The highest BCUT2D eigenvalue weighted by molar-refractivity contribution is 5.75. The molecule has 1 spiro atoms. The average molecular weight is 511 g/mol. The Balaban J connectivity index is 1.35. The summed E-state index contributed by atoms with van der Waals surface area (Å²) in [6, 6.07) is 2.70. The van der Waals surface area contributed by atoms with Gasteiger partial charge in [0.1, 0.15) is 17.6 Å². The molecule has 0 saturated carbocycles. The van der Waals surface area contributed by atoms with Gasteiger partial charge in [0.2, 0.25) is 5.95 Å². The Hall–Kier alpha value is -3.25. The molecule has 2 saturated heterocycles. The Morgan fingerprint density at radius 2 is 1.81 bits per heavy atom. The topological polar surface area (TPSA) is 72.1 Å². The van der Waals surface area contributed by atoms with Crippen molar-refractivity contribution in [3.8, 4) is 0 Å². The summed E-state index contributed by atoms with van der Waals surface area (Å²) in [4.78, 5) is 25.0. The number of halogens is 5. The zero-order valence-electron chi connectivity index (χ0n) is 19.7. The van der Waals surface area contributed by atoms with Crippen molar-refractivity contribution in [3.63, 3.8) is 0 Å². The molecule has 0 amide bonds.